The van der Waals surface area contributed by atoms with E-state index < -0.39 is 11.8 Å². The molecule has 0 amide bonds. The largest absolute Gasteiger partial charge is 0.494 e. The van der Waals surface area contributed by atoms with Crippen LogP contribution in [0.2, 0.25) is 0 Å². The minimum atomic E-state index is -0.552. The molecule has 0 spiro atoms. The van der Waals surface area contributed by atoms with E-state index in [0.717, 1.165) is 0 Å². The summed E-state index contributed by atoms with van der Waals surface area (Å²) >= 11 is 0. The lowest BCUT2D eigenvalue weighted by Gasteiger charge is -2.09. The first-order valence-electron chi connectivity index (χ1n) is 6.44. The first kappa shape index (κ1) is 15.0. The lowest BCUT2D eigenvalue weighted by molar-refractivity contribution is 0.0592. The smallest absolute Gasteiger partial charge is 0.360 e. The number of esters is 1. The second-order valence-electron chi connectivity index (χ2n) is 4.32. The van der Waals surface area contributed by atoms with Crippen molar-refractivity contribution < 1.29 is 18.7 Å². The molecule has 2 rings (SSSR count). The minimum Gasteiger partial charge on any atom is -0.494 e. The molecular formula is C14H16FN3O3. The summed E-state index contributed by atoms with van der Waals surface area (Å²) < 4.78 is 25.2. The van der Waals surface area contributed by atoms with Crippen LogP contribution >= 0.6 is 0 Å². The summed E-state index contributed by atoms with van der Waals surface area (Å²) in [5.41, 5.74) is 1.16. The Balaban J connectivity index is 2.36. The Morgan fingerprint density at radius 1 is 1.38 bits per heavy atom. The second-order valence-corrected chi connectivity index (χ2v) is 4.32. The predicted octanol–water partition coefficient (Wildman–Crippen LogP) is 1.82. The zero-order chi connectivity index (χ0) is 15.4. The van der Waals surface area contributed by atoms with E-state index in [-0.39, 0.29) is 18.0 Å². The normalized spacial score (nSPS) is 10.5. The first-order valence-corrected chi connectivity index (χ1v) is 6.44. The maximum Gasteiger partial charge on any atom is 0.360 e. The van der Waals surface area contributed by atoms with Crippen LogP contribution in [-0.4, -0.2) is 35.2 Å². The number of ether oxygens (including phenoxy) is 2. The van der Waals surface area contributed by atoms with Gasteiger partial charge in [0.25, 0.3) is 0 Å². The molecule has 1 heterocycles. The zero-order valence-corrected chi connectivity index (χ0v) is 12.1. The highest BCUT2D eigenvalue weighted by Crippen LogP contribution is 2.21. The summed E-state index contributed by atoms with van der Waals surface area (Å²) in [5.74, 6) is -0.833. The standard InChI is InChI=1S/C14H16FN3O3/c1-4-10-13(14(19)21-3)16-17-18(10)8-9-6-5-7-11(20-2)12(9)15/h5-7H,4,8H2,1-3H3. The monoisotopic (exact) mass is 293 g/mol. The Hall–Kier alpha value is -2.44. The van der Waals surface area contributed by atoms with E-state index in [1.54, 1.807) is 18.2 Å². The van der Waals surface area contributed by atoms with E-state index in [9.17, 15) is 9.18 Å². The highest BCUT2D eigenvalue weighted by Gasteiger charge is 2.20. The Morgan fingerprint density at radius 2 is 2.14 bits per heavy atom. The third kappa shape index (κ3) is 2.86. The molecule has 0 unspecified atom stereocenters. The number of halogens is 1. The molecule has 1 aromatic carbocycles. The van der Waals surface area contributed by atoms with Gasteiger partial charge in [0.2, 0.25) is 0 Å². The lowest BCUT2D eigenvalue weighted by Crippen LogP contribution is -2.11. The Labute approximate surface area is 121 Å². The van der Waals surface area contributed by atoms with Crippen LogP contribution in [-0.2, 0) is 17.7 Å². The molecule has 0 saturated heterocycles. The molecule has 0 fully saturated rings. The minimum absolute atomic E-state index is 0.156. The van der Waals surface area contributed by atoms with E-state index in [4.69, 9.17) is 4.74 Å². The molecule has 0 radical (unpaired) electrons. The van der Waals surface area contributed by atoms with Crippen LogP contribution in [0.5, 0.6) is 5.75 Å². The zero-order valence-electron chi connectivity index (χ0n) is 12.1. The van der Waals surface area contributed by atoms with Crippen molar-refractivity contribution in [2.24, 2.45) is 0 Å². The van der Waals surface area contributed by atoms with E-state index in [2.05, 4.69) is 15.0 Å². The molecule has 0 saturated carbocycles. The first-order chi connectivity index (χ1) is 10.1. The van der Waals surface area contributed by atoms with Crippen molar-refractivity contribution in [3.8, 4) is 5.75 Å². The number of benzene rings is 1. The van der Waals surface area contributed by atoms with Gasteiger partial charge in [-0.25, -0.2) is 13.9 Å². The molecule has 6 nitrogen and oxygen atoms in total. The Bertz CT molecular complexity index is 655. The van der Waals surface area contributed by atoms with E-state index in [0.29, 0.717) is 17.7 Å². The molecule has 112 valence electrons. The molecule has 0 aliphatic rings. The van der Waals surface area contributed by atoms with E-state index in [1.165, 1.54) is 18.9 Å². The molecule has 0 bridgehead atoms. The summed E-state index contributed by atoms with van der Waals surface area (Å²) in [7, 11) is 2.69. The van der Waals surface area contributed by atoms with Crippen molar-refractivity contribution in [1.29, 1.82) is 0 Å². The molecule has 0 atom stereocenters. The summed E-state index contributed by atoms with van der Waals surface area (Å²) in [6.07, 6.45) is 0.531. The van der Waals surface area contributed by atoms with Gasteiger partial charge < -0.3 is 9.47 Å². The quantitative estimate of drug-likeness (QED) is 0.787. The maximum atomic E-state index is 14.1. The average Bonchev–Trinajstić information content (AvgIpc) is 2.91. The topological polar surface area (TPSA) is 66.2 Å². The average molecular weight is 293 g/mol. The number of carbonyl (C=O) groups is 1. The van der Waals surface area contributed by atoms with Crippen molar-refractivity contribution >= 4 is 5.97 Å². The highest BCUT2D eigenvalue weighted by atomic mass is 19.1. The Morgan fingerprint density at radius 3 is 2.76 bits per heavy atom. The number of carbonyl (C=O) groups excluding carboxylic acids is 1. The molecule has 0 aliphatic carbocycles. The van der Waals surface area contributed by atoms with Gasteiger partial charge in [0.15, 0.2) is 17.3 Å². The van der Waals surface area contributed by atoms with Gasteiger partial charge in [0, 0.05) is 5.56 Å². The third-order valence-electron chi connectivity index (χ3n) is 3.13. The molecular weight excluding hydrogens is 277 g/mol. The Kier molecular flexibility index (Phi) is 4.52. The predicted molar refractivity (Wildman–Crippen MR) is 72.8 cm³/mol. The number of methoxy groups -OCH3 is 2. The molecule has 0 aliphatic heterocycles. The van der Waals surface area contributed by atoms with Gasteiger partial charge >= 0.3 is 5.97 Å². The van der Waals surface area contributed by atoms with Gasteiger partial charge in [-0.1, -0.05) is 24.3 Å². The number of aromatic nitrogens is 3. The number of hydrogen-bond donors (Lipinski definition) is 0. The summed E-state index contributed by atoms with van der Waals surface area (Å²) in [6.45, 7) is 2.03. The molecule has 1 aromatic heterocycles. The molecule has 0 N–H and O–H groups in total. The number of rotatable bonds is 5. The van der Waals surface area contributed by atoms with Crippen LogP contribution in [0.25, 0.3) is 0 Å². The SMILES string of the molecule is CCc1c(C(=O)OC)nnn1Cc1cccc(OC)c1F. The molecule has 21 heavy (non-hydrogen) atoms. The van der Waals surface area contributed by atoms with E-state index >= 15 is 0 Å². The van der Waals surface area contributed by atoms with E-state index in [1.807, 2.05) is 6.92 Å². The second kappa shape index (κ2) is 6.34. The fraction of sp³-hybridized carbons (Fsp3) is 0.357. The van der Waals surface area contributed by atoms with Crippen molar-refractivity contribution in [2.45, 2.75) is 19.9 Å². The number of nitrogens with zero attached hydrogens (tertiary/aromatic N) is 3. The van der Waals surface area contributed by atoms with Gasteiger partial charge in [-0.3, -0.25) is 0 Å². The summed E-state index contributed by atoms with van der Waals surface area (Å²) in [4.78, 5) is 11.6. The van der Waals surface area contributed by atoms with Crippen LogP contribution < -0.4 is 4.74 Å². The summed E-state index contributed by atoms with van der Waals surface area (Å²) in [5, 5.41) is 7.72. The molecule has 2 aromatic rings. The lowest BCUT2D eigenvalue weighted by atomic mass is 10.2. The van der Waals surface area contributed by atoms with Crippen LogP contribution in [0.1, 0.15) is 28.7 Å². The van der Waals surface area contributed by atoms with Crippen molar-refractivity contribution in [2.75, 3.05) is 14.2 Å². The fourth-order valence-corrected chi connectivity index (χ4v) is 2.06. The highest BCUT2D eigenvalue weighted by molar-refractivity contribution is 5.88. The summed E-state index contributed by atoms with van der Waals surface area (Å²) in [6, 6.07) is 4.87. The van der Waals surface area contributed by atoms with Gasteiger partial charge in [0.05, 0.1) is 26.5 Å². The van der Waals surface area contributed by atoms with Crippen LogP contribution in [0, 0.1) is 5.82 Å². The van der Waals surface area contributed by atoms with Crippen LogP contribution in [0.15, 0.2) is 18.2 Å². The number of hydrogen-bond acceptors (Lipinski definition) is 5. The third-order valence-corrected chi connectivity index (χ3v) is 3.13. The van der Waals surface area contributed by atoms with Crippen molar-refractivity contribution in [3.63, 3.8) is 0 Å². The van der Waals surface area contributed by atoms with Crippen molar-refractivity contribution in [3.05, 3.63) is 41.0 Å². The van der Waals surface area contributed by atoms with Crippen LogP contribution in [0.3, 0.4) is 0 Å². The van der Waals surface area contributed by atoms with Gasteiger partial charge in [-0.15, -0.1) is 5.10 Å². The fourth-order valence-electron chi connectivity index (χ4n) is 2.06. The van der Waals surface area contributed by atoms with Gasteiger partial charge in [-0.05, 0) is 12.5 Å². The van der Waals surface area contributed by atoms with Crippen LogP contribution in [0.4, 0.5) is 4.39 Å². The van der Waals surface area contributed by atoms with Gasteiger partial charge in [-0.2, -0.15) is 0 Å². The molecule has 7 heteroatoms. The van der Waals surface area contributed by atoms with Crippen molar-refractivity contribution in [1.82, 2.24) is 15.0 Å². The maximum absolute atomic E-state index is 14.1. The van der Waals surface area contributed by atoms with Gasteiger partial charge in [0.1, 0.15) is 0 Å².